The molecule has 0 atom stereocenters. The van der Waals surface area contributed by atoms with Crippen molar-refractivity contribution in [2.45, 2.75) is 6.92 Å². The summed E-state index contributed by atoms with van der Waals surface area (Å²) in [5, 5.41) is 11.1. The Hall–Kier alpha value is -1.62. The third-order valence-corrected chi connectivity index (χ3v) is 2.75. The summed E-state index contributed by atoms with van der Waals surface area (Å²) in [6.07, 6.45) is 1.59. The Morgan fingerprint density at radius 3 is 3.07 bits per heavy atom. The standard InChI is InChI=1S/C9H9N3OS/c1-6-4-7(14-5-6)9(13)11-8-2-3-10-12-8/h2-5H,1H3,(H2,10,11,12,13). The SMILES string of the molecule is Cc1csc(C(=O)Nc2ccn[nH]2)c1. The van der Waals surface area contributed by atoms with E-state index in [1.165, 1.54) is 11.3 Å². The number of nitrogens with zero attached hydrogens (tertiary/aromatic N) is 1. The van der Waals surface area contributed by atoms with Crippen molar-refractivity contribution in [1.29, 1.82) is 0 Å². The van der Waals surface area contributed by atoms with Crippen LogP contribution < -0.4 is 5.32 Å². The van der Waals surface area contributed by atoms with E-state index in [0.29, 0.717) is 10.7 Å². The lowest BCUT2D eigenvalue weighted by Crippen LogP contribution is -2.10. The van der Waals surface area contributed by atoms with Crippen molar-refractivity contribution in [1.82, 2.24) is 10.2 Å². The van der Waals surface area contributed by atoms with Gasteiger partial charge in [-0.05, 0) is 23.9 Å². The number of thiophene rings is 1. The van der Waals surface area contributed by atoms with Crippen molar-refractivity contribution in [3.05, 3.63) is 34.2 Å². The van der Waals surface area contributed by atoms with E-state index < -0.39 is 0 Å². The summed E-state index contributed by atoms with van der Waals surface area (Å²) in [6.45, 7) is 1.96. The van der Waals surface area contributed by atoms with Gasteiger partial charge < -0.3 is 5.32 Å². The Kier molecular flexibility index (Phi) is 2.32. The predicted molar refractivity (Wildman–Crippen MR) is 55.6 cm³/mol. The third kappa shape index (κ3) is 1.82. The minimum atomic E-state index is -0.104. The molecule has 1 amide bonds. The molecule has 2 rings (SSSR count). The molecule has 0 aliphatic rings. The zero-order chi connectivity index (χ0) is 9.97. The van der Waals surface area contributed by atoms with E-state index in [4.69, 9.17) is 0 Å². The fourth-order valence-electron chi connectivity index (χ4n) is 1.06. The van der Waals surface area contributed by atoms with Crippen molar-refractivity contribution < 1.29 is 4.79 Å². The van der Waals surface area contributed by atoms with Crippen LogP contribution in [0.5, 0.6) is 0 Å². The lowest BCUT2D eigenvalue weighted by atomic mass is 10.3. The highest BCUT2D eigenvalue weighted by atomic mass is 32.1. The van der Waals surface area contributed by atoms with Gasteiger partial charge in [0.15, 0.2) is 0 Å². The number of amides is 1. The van der Waals surface area contributed by atoms with Crippen molar-refractivity contribution >= 4 is 23.1 Å². The minimum Gasteiger partial charge on any atom is -0.306 e. The molecule has 2 aromatic heterocycles. The van der Waals surface area contributed by atoms with Gasteiger partial charge >= 0.3 is 0 Å². The molecule has 0 bridgehead atoms. The number of aromatic amines is 1. The maximum atomic E-state index is 11.6. The van der Waals surface area contributed by atoms with Gasteiger partial charge in [0, 0.05) is 6.07 Å². The van der Waals surface area contributed by atoms with Crippen LogP contribution in [-0.4, -0.2) is 16.1 Å². The highest BCUT2D eigenvalue weighted by Crippen LogP contribution is 2.14. The fourth-order valence-corrected chi connectivity index (χ4v) is 1.85. The zero-order valence-electron chi connectivity index (χ0n) is 7.57. The van der Waals surface area contributed by atoms with Gasteiger partial charge in [-0.2, -0.15) is 5.10 Å². The third-order valence-electron chi connectivity index (χ3n) is 1.70. The smallest absolute Gasteiger partial charge is 0.266 e. The Balaban J connectivity index is 2.10. The summed E-state index contributed by atoms with van der Waals surface area (Å²) in [5.41, 5.74) is 1.10. The molecule has 2 N–H and O–H groups in total. The number of H-pyrrole nitrogens is 1. The van der Waals surface area contributed by atoms with Crippen LogP contribution in [0.15, 0.2) is 23.7 Å². The number of carbonyl (C=O) groups excluding carboxylic acids is 1. The number of anilines is 1. The monoisotopic (exact) mass is 207 g/mol. The first-order valence-electron chi connectivity index (χ1n) is 4.11. The lowest BCUT2D eigenvalue weighted by molar-refractivity contribution is 0.103. The topological polar surface area (TPSA) is 57.8 Å². The summed E-state index contributed by atoms with van der Waals surface area (Å²) in [6, 6.07) is 3.56. The van der Waals surface area contributed by atoms with E-state index in [9.17, 15) is 4.79 Å². The van der Waals surface area contributed by atoms with Gasteiger partial charge in [-0.25, -0.2) is 0 Å². The number of carbonyl (C=O) groups is 1. The second kappa shape index (κ2) is 3.63. The number of aryl methyl sites for hydroxylation is 1. The number of rotatable bonds is 2. The quantitative estimate of drug-likeness (QED) is 0.791. The Morgan fingerprint density at radius 2 is 2.50 bits per heavy atom. The predicted octanol–water partition coefficient (Wildman–Crippen LogP) is 2.03. The largest absolute Gasteiger partial charge is 0.306 e. The second-order valence-electron chi connectivity index (χ2n) is 2.91. The number of aromatic nitrogens is 2. The van der Waals surface area contributed by atoms with Gasteiger partial charge in [0.25, 0.3) is 5.91 Å². The summed E-state index contributed by atoms with van der Waals surface area (Å²) in [7, 11) is 0. The van der Waals surface area contributed by atoms with Crippen LogP contribution >= 0.6 is 11.3 Å². The Bertz CT molecular complexity index is 433. The van der Waals surface area contributed by atoms with Gasteiger partial charge in [0.1, 0.15) is 5.82 Å². The van der Waals surface area contributed by atoms with E-state index in [0.717, 1.165) is 5.56 Å². The average Bonchev–Trinajstić information content (AvgIpc) is 2.75. The van der Waals surface area contributed by atoms with Crippen LogP contribution in [0.2, 0.25) is 0 Å². The number of hydrogen-bond donors (Lipinski definition) is 2. The molecule has 0 unspecified atom stereocenters. The van der Waals surface area contributed by atoms with Gasteiger partial charge in [-0.1, -0.05) is 0 Å². The molecule has 0 radical (unpaired) electrons. The molecule has 0 fully saturated rings. The molecule has 5 heteroatoms. The van der Waals surface area contributed by atoms with E-state index in [-0.39, 0.29) is 5.91 Å². The molecule has 0 saturated heterocycles. The zero-order valence-corrected chi connectivity index (χ0v) is 8.39. The summed E-state index contributed by atoms with van der Waals surface area (Å²) in [4.78, 5) is 12.3. The van der Waals surface area contributed by atoms with E-state index >= 15 is 0 Å². The highest BCUT2D eigenvalue weighted by molar-refractivity contribution is 7.12. The van der Waals surface area contributed by atoms with Crippen molar-refractivity contribution in [2.75, 3.05) is 5.32 Å². The van der Waals surface area contributed by atoms with Crippen LogP contribution in [0.25, 0.3) is 0 Å². The first kappa shape index (κ1) is 8.96. The maximum Gasteiger partial charge on any atom is 0.266 e. The molecular weight excluding hydrogens is 198 g/mol. The molecule has 14 heavy (non-hydrogen) atoms. The van der Waals surface area contributed by atoms with Crippen LogP contribution in [-0.2, 0) is 0 Å². The Labute approximate surface area is 85.0 Å². The second-order valence-corrected chi connectivity index (χ2v) is 3.82. The molecule has 72 valence electrons. The first-order valence-corrected chi connectivity index (χ1v) is 4.99. The van der Waals surface area contributed by atoms with E-state index in [1.807, 2.05) is 18.4 Å². The van der Waals surface area contributed by atoms with Gasteiger partial charge in [-0.3, -0.25) is 9.89 Å². The molecular formula is C9H9N3OS. The number of nitrogens with one attached hydrogen (secondary N) is 2. The lowest BCUT2D eigenvalue weighted by Gasteiger charge is -1.97. The molecule has 2 heterocycles. The van der Waals surface area contributed by atoms with Crippen LogP contribution in [0, 0.1) is 6.92 Å². The molecule has 0 aliphatic carbocycles. The molecule has 2 aromatic rings. The molecule has 0 spiro atoms. The Morgan fingerprint density at radius 1 is 1.64 bits per heavy atom. The van der Waals surface area contributed by atoms with Gasteiger partial charge in [-0.15, -0.1) is 11.3 Å². The van der Waals surface area contributed by atoms with Gasteiger partial charge in [0.2, 0.25) is 0 Å². The summed E-state index contributed by atoms with van der Waals surface area (Å²) < 4.78 is 0. The van der Waals surface area contributed by atoms with Crippen LogP contribution in [0.3, 0.4) is 0 Å². The number of hydrogen-bond acceptors (Lipinski definition) is 3. The normalized spacial score (nSPS) is 10.1. The van der Waals surface area contributed by atoms with Crippen molar-refractivity contribution in [2.24, 2.45) is 0 Å². The fraction of sp³-hybridized carbons (Fsp3) is 0.111. The average molecular weight is 207 g/mol. The molecule has 0 saturated carbocycles. The first-order chi connectivity index (χ1) is 6.75. The van der Waals surface area contributed by atoms with Crippen LogP contribution in [0.4, 0.5) is 5.82 Å². The highest BCUT2D eigenvalue weighted by Gasteiger charge is 2.08. The van der Waals surface area contributed by atoms with E-state index in [2.05, 4.69) is 15.5 Å². The van der Waals surface area contributed by atoms with Crippen molar-refractivity contribution in [3.63, 3.8) is 0 Å². The van der Waals surface area contributed by atoms with Gasteiger partial charge in [0.05, 0.1) is 11.1 Å². The molecule has 4 nitrogen and oxygen atoms in total. The molecule has 0 aliphatic heterocycles. The summed E-state index contributed by atoms with van der Waals surface area (Å²) in [5.74, 6) is 0.508. The minimum absolute atomic E-state index is 0.104. The van der Waals surface area contributed by atoms with Crippen LogP contribution in [0.1, 0.15) is 15.2 Å². The van der Waals surface area contributed by atoms with E-state index in [1.54, 1.807) is 12.3 Å². The molecule has 0 aromatic carbocycles. The van der Waals surface area contributed by atoms with Crippen molar-refractivity contribution in [3.8, 4) is 0 Å². The summed E-state index contributed by atoms with van der Waals surface area (Å²) >= 11 is 1.43. The maximum absolute atomic E-state index is 11.6.